The van der Waals surface area contributed by atoms with E-state index in [1.165, 1.54) is 13.8 Å². The molecule has 0 unspecified atom stereocenters. The number of aliphatic hydroxyl groups excluding tert-OH is 1. The molecule has 11 heteroatoms. The van der Waals surface area contributed by atoms with E-state index < -0.39 is 18.4 Å². The van der Waals surface area contributed by atoms with Crippen LogP contribution in [-0.4, -0.2) is 45.1 Å². The molecule has 2 heterocycles. The summed E-state index contributed by atoms with van der Waals surface area (Å²) in [5, 5.41) is 21.5. The van der Waals surface area contributed by atoms with Crippen LogP contribution in [0, 0.1) is 12.8 Å². The van der Waals surface area contributed by atoms with Gasteiger partial charge in [-0.3, -0.25) is 9.59 Å². The van der Waals surface area contributed by atoms with Crippen LogP contribution in [0.5, 0.6) is 0 Å². The number of hydrogen-bond donors (Lipinski definition) is 2. The number of esters is 1. The number of aromatic nitrogens is 2. The molecule has 208 valence electrons. The molecule has 1 saturated heterocycles. The molecule has 0 saturated carbocycles. The number of amides is 1. The summed E-state index contributed by atoms with van der Waals surface area (Å²) < 4.78 is 18.8. The lowest BCUT2D eigenvalue weighted by atomic mass is 9.91. The average molecular weight is 572 g/mol. The third-order valence-electron chi connectivity index (χ3n) is 6.43. The Kier molecular flexibility index (Phi) is 10.1. The Bertz CT molecular complexity index is 1250. The second-order valence-corrected chi connectivity index (χ2v) is 11.9. The molecule has 39 heavy (non-hydrogen) atoms. The first-order chi connectivity index (χ1) is 18.7. The van der Waals surface area contributed by atoms with Crippen molar-refractivity contribution < 1.29 is 28.9 Å². The molecule has 5 atom stereocenters. The number of aliphatic hydroxyl groups is 1. The van der Waals surface area contributed by atoms with E-state index in [9.17, 15) is 14.7 Å². The molecule has 2 aromatic carbocycles. The summed E-state index contributed by atoms with van der Waals surface area (Å²) in [7, 11) is 0. The third kappa shape index (κ3) is 7.86. The molecule has 1 amide bonds. The Morgan fingerprint density at radius 3 is 2.36 bits per heavy atom. The highest BCUT2D eigenvalue weighted by molar-refractivity contribution is 8.01. The first kappa shape index (κ1) is 29.2. The topological polar surface area (TPSA) is 120 Å². The third-order valence-corrected chi connectivity index (χ3v) is 8.49. The normalized spacial score (nSPS) is 21.8. The number of nitrogens with one attached hydrogen (secondary N) is 1. The highest BCUT2D eigenvalue weighted by atomic mass is 32.2. The molecule has 1 aromatic heterocycles. The molecule has 2 N–H and O–H groups in total. The molecule has 1 fully saturated rings. The molecule has 1 aliphatic rings. The van der Waals surface area contributed by atoms with Gasteiger partial charge in [-0.15, -0.1) is 10.2 Å². The fraction of sp³-hybridized carbons (Fsp3) is 0.429. The smallest absolute Gasteiger partial charge is 0.303 e. The summed E-state index contributed by atoms with van der Waals surface area (Å²) in [6, 6.07) is 15.5. The van der Waals surface area contributed by atoms with Gasteiger partial charge in [0.25, 0.3) is 5.91 Å². The van der Waals surface area contributed by atoms with Gasteiger partial charge in [0.15, 0.2) is 16.7 Å². The molecular weight excluding hydrogens is 538 g/mol. The quantitative estimate of drug-likeness (QED) is 0.268. The second-order valence-electron chi connectivity index (χ2n) is 9.43. The van der Waals surface area contributed by atoms with Gasteiger partial charge in [0, 0.05) is 30.7 Å². The van der Waals surface area contributed by atoms with Gasteiger partial charge in [-0.2, -0.15) is 0 Å². The zero-order valence-corrected chi connectivity index (χ0v) is 24.0. The highest BCUT2D eigenvalue weighted by Gasteiger charge is 2.38. The van der Waals surface area contributed by atoms with Crippen molar-refractivity contribution in [2.24, 2.45) is 5.92 Å². The minimum Gasteiger partial charge on any atom is -0.453 e. The molecular formula is C28H33N3O6S2. The first-order valence-electron chi connectivity index (χ1n) is 12.7. The summed E-state index contributed by atoms with van der Waals surface area (Å²) in [5.74, 6) is -0.0906. The molecule has 0 bridgehead atoms. The molecule has 0 aliphatic carbocycles. The van der Waals surface area contributed by atoms with Crippen molar-refractivity contribution in [1.82, 2.24) is 15.5 Å². The van der Waals surface area contributed by atoms with Crippen molar-refractivity contribution in [2.45, 2.75) is 69.8 Å². The van der Waals surface area contributed by atoms with Gasteiger partial charge < -0.3 is 24.6 Å². The Hall–Kier alpha value is -2.83. The number of nitrogens with zero attached hydrogens (tertiary/aromatic N) is 2. The predicted octanol–water partition coefficient (Wildman–Crippen LogP) is 4.49. The van der Waals surface area contributed by atoms with Crippen molar-refractivity contribution in [3.05, 3.63) is 75.8 Å². The van der Waals surface area contributed by atoms with Crippen LogP contribution in [0.25, 0.3) is 0 Å². The minimum atomic E-state index is -0.852. The van der Waals surface area contributed by atoms with E-state index in [-0.39, 0.29) is 30.6 Å². The Labute approximate surface area is 236 Å². The van der Waals surface area contributed by atoms with Gasteiger partial charge in [0.05, 0.1) is 18.8 Å². The highest BCUT2D eigenvalue weighted by Crippen LogP contribution is 2.43. The summed E-state index contributed by atoms with van der Waals surface area (Å²) in [4.78, 5) is 23.2. The number of carbonyl (C=O) groups is 2. The monoisotopic (exact) mass is 571 g/mol. The Balaban J connectivity index is 1.47. The molecule has 1 aliphatic heterocycles. The van der Waals surface area contributed by atoms with Crippen molar-refractivity contribution in [3.8, 4) is 0 Å². The number of aryl methyl sites for hydroxylation is 1. The molecule has 4 rings (SSSR count). The van der Waals surface area contributed by atoms with Crippen LogP contribution >= 0.6 is 23.1 Å². The molecule has 9 nitrogen and oxygen atoms in total. The lowest BCUT2D eigenvalue weighted by molar-refractivity contribution is -0.268. The summed E-state index contributed by atoms with van der Waals surface area (Å²) in [6.45, 7) is 7.16. The fourth-order valence-corrected chi connectivity index (χ4v) is 6.23. The van der Waals surface area contributed by atoms with Crippen LogP contribution in [0.1, 0.15) is 60.4 Å². The standard InChI is InChI=1S/C28H33N3O6S2/c1-16-24(15-38-28-31-30-18(3)39-28)36-27(37-25(16)22-9-7-21(14-32)8-10-22)23-11-5-20(6-12-23)13-29-26(34)17(2)35-19(4)33/h5-12,16-17,24-25,27,32H,13-15H2,1-4H3,(H,29,34)/t16-,17-,24+,25+,27+/m0/s1. The van der Waals surface area contributed by atoms with E-state index in [1.54, 1.807) is 23.1 Å². The van der Waals surface area contributed by atoms with Gasteiger partial charge in [-0.1, -0.05) is 78.6 Å². The molecule has 0 radical (unpaired) electrons. The largest absolute Gasteiger partial charge is 0.453 e. The number of rotatable bonds is 10. The fourth-order valence-electron chi connectivity index (χ4n) is 4.23. The minimum absolute atomic E-state index is 0.0108. The second kappa shape index (κ2) is 13.5. The lowest BCUT2D eigenvalue weighted by Gasteiger charge is -2.41. The van der Waals surface area contributed by atoms with Gasteiger partial charge in [0.1, 0.15) is 5.01 Å². The SMILES string of the molecule is CC(=O)O[C@@H](C)C(=O)NCc1ccc([C@@H]2O[C@H](CSc3nnc(C)s3)[C@H](C)[C@H](c3ccc(CO)cc3)O2)cc1. The van der Waals surface area contributed by atoms with Crippen molar-refractivity contribution in [1.29, 1.82) is 0 Å². The Morgan fingerprint density at radius 2 is 1.74 bits per heavy atom. The van der Waals surface area contributed by atoms with Crippen LogP contribution in [0.3, 0.4) is 0 Å². The van der Waals surface area contributed by atoms with Crippen LogP contribution in [0.2, 0.25) is 0 Å². The Morgan fingerprint density at radius 1 is 1.08 bits per heavy atom. The zero-order chi connectivity index (χ0) is 27.9. The lowest BCUT2D eigenvalue weighted by Crippen LogP contribution is -2.38. The van der Waals surface area contributed by atoms with Crippen molar-refractivity contribution >= 4 is 35.0 Å². The van der Waals surface area contributed by atoms with E-state index in [1.807, 2.05) is 55.5 Å². The van der Waals surface area contributed by atoms with Crippen LogP contribution in [0.15, 0.2) is 52.9 Å². The maximum Gasteiger partial charge on any atom is 0.303 e. The van der Waals surface area contributed by atoms with E-state index in [0.29, 0.717) is 12.3 Å². The number of benzene rings is 2. The van der Waals surface area contributed by atoms with E-state index >= 15 is 0 Å². The van der Waals surface area contributed by atoms with E-state index in [4.69, 9.17) is 14.2 Å². The van der Waals surface area contributed by atoms with Crippen molar-refractivity contribution in [2.75, 3.05) is 5.75 Å². The van der Waals surface area contributed by atoms with E-state index in [0.717, 1.165) is 31.6 Å². The summed E-state index contributed by atoms with van der Waals surface area (Å²) in [5.41, 5.74) is 3.62. The van der Waals surface area contributed by atoms with Crippen LogP contribution in [-0.2, 0) is 37.0 Å². The molecule has 3 aromatic rings. The molecule has 0 spiro atoms. The van der Waals surface area contributed by atoms with Crippen LogP contribution < -0.4 is 5.32 Å². The van der Waals surface area contributed by atoms with Crippen molar-refractivity contribution in [3.63, 3.8) is 0 Å². The van der Waals surface area contributed by atoms with Gasteiger partial charge in [-0.25, -0.2) is 0 Å². The first-order valence-corrected chi connectivity index (χ1v) is 14.5. The van der Waals surface area contributed by atoms with Gasteiger partial charge in [0.2, 0.25) is 0 Å². The van der Waals surface area contributed by atoms with Crippen LogP contribution in [0.4, 0.5) is 0 Å². The number of carbonyl (C=O) groups excluding carboxylic acids is 2. The number of ether oxygens (including phenoxy) is 3. The number of thioether (sulfide) groups is 1. The maximum absolute atomic E-state index is 12.2. The summed E-state index contributed by atoms with van der Waals surface area (Å²) in [6.07, 6.45) is -1.75. The number of hydrogen-bond acceptors (Lipinski definition) is 10. The zero-order valence-electron chi connectivity index (χ0n) is 22.3. The summed E-state index contributed by atoms with van der Waals surface area (Å²) >= 11 is 3.19. The van der Waals surface area contributed by atoms with E-state index in [2.05, 4.69) is 22.4 Å². The van der Waals surface area contributed by atoms with Gasteiger partial charge >= 0.3 is 5.97 Å². The maximum atomic E-state index is 12.2. The average Bonchev–Trinajstić information content (AvgIpc) is 3.36. The van der Waals surface area contributed by atoms with Gasteiger partial charge in [-0.05, 0) is 30.5 Å². The predicted molar refractivity (Wildman–Crippen MR) is 148 cm³/mol.